The van der Waals surface area contributed by atoms with Crippen molar-refractivity contribution in [1.82, 2.24) is 34.0 Å². The number of imidazole rings is 1. The highest BCUT2D eigenvalue weighted by Crippen LogP contribution is 2.48. The second-order valence-corrected chi connectivity index (χ2v) is 15.0. The van der Waals surface area contributed by atoms with Crippen molar-refractivity contribution in [1.29, 1.82) is 0 Å². The first-order valence-corrected chi connectivity index (χ1v) is 19.3. The normalized spacial score (nSPS) is 17.8. The lowest BCUT2D eigenvalue weighted by Crippen LogP contribution is -2.50. The number of amides is 3. The molecular formula is C37H46ClFN8O4S. The number of unbranched alkanes of at least 4 members (excludes halogenated alkanes) is 1. The number of carbonyl (C=O) groups is 3. The molecule has 15 heteroatoms. The number of benzene rings is 1. The monoisotopic (exact) mass is 752 g/mol. The van der Waals surface area contributed by atoms with E-state index < -0.39 is 18.2 Å². The Morgan fingerprint density at radius 2 is 1.92 bits per heavy atom. The number of hydrogen-bond acceptors (Lipinski definition) is 9. The minimum atomic E-state index is -0.792. The molecule has 3 aromatic rings. The molecule has 2 aromatic heterocycles. The van der Waals surface area contributed by atoms with Gasteiger partial charge in [0.05, 0.1) is 48.1 Å². The van der Waals surface area contributed by atoms with E-state index in [1.165, 1.54) is 11.9 Å². The van der Waals surface area contributed by atoms with Gasteiger partial charge in [0.1, 0.15) is 11.9 Å². The van der Waals surface area contributed by atoms with Crippen LogP contribution in [0.3, 0.4) is 0 Å². The van der Waals surface area contributed by atoms with Gasteiger partial charge in [0.25, 0.3) is 0 Å². The van der Waals surface area contributed by atoms with Gasteiger partial charge >= 0.3 is 6.09 Å². The summed E-state index contributed by atoms with van der Waals surface area (Å²) in [6, 6.07) is 7.43. The van der Waals surface area contributed by atoms with Gasteiger partial charge in [0.2, 0.25) is 11.8 Å². The summed E-state index contributed by atoms with van der Waals surface area (Å²) in [5, 5.41) is 0.569. The quantitative estimate of drug-likeness (QED) is 0.143. The fraction of sp³-hybridized carbons (Fsp3) is 0.541. The molecule has 3 aliphatic heterocycles. The van der Waals surface area contributed by atoms with Gasteiger partial charge in [0.15, 0.2) is 0 Å². The molecule has 12 nitrogen and oxygen atoms in total. The van der Waals surface area contributed by atoms with Crippen molar-refractivity contribution >= 4 is 58.2 Å². The third-order valence-electron chi connectivity index (χ3n) is 10.2. The van der Waals surface area contributed by atoms with Gasteiger partial charge in [-0.05, 0) is 62.4 Å². The van der Waals surface area contributed by atoms with Gasteiger partial charge in [-0.2, -0.15) is 0 Å². The average Bonchev–Trinajstić information content (AvgIpc) is 3.59. The predicted molar refractivity (Wildman–Crippen MR) is 201 cm³/mol. The fourth-order valence-electron chi connectivity index (χ4n) is 7.35. The summed E-state index contributed by atoms with van der Waals surface area (Å²) in [5.41, 5.74) is 2.47. The van der Waals surface area contributed by atoms with Crippen LogP contribution in [0.1, 0.15) is 50.4 Å². The number of terminal acetylenes is 1. The molecule has 2 fully saturated rings. The first-order chi connectivity index (χ1) is 25.2. The number of aromatic nitrogens is 3. The number of rotatable bonds is 14. The Hall–Kier alpha value is -3.90. The molecule has 0 bridgehead atoms. The number of carbonyl (C=O) groups excluding carboxylic acids is 3. The van der Waals surface area contributed by atoms with Crippen molar-refractivity contribution in [2.45, 2.75) is 63.6 Å². The molecule has 1 unspecified atom stereocenters. The van der Waals surface area contributed by atoms with Crippen LogP contribution in [0.5, 0.6) is 0 Å². The summed E-state index contributed by atoms with van der Waals surface area (Å²) in [6.45, 7) is 7.02. The van der Waals surface area contributed by atoms with E-state index in [-0.39, 0.29) is 24.5 Å². The molecule has 278 valence electrons. The molecule has 2 saturated heterocycles. The standard InChI is InChI=1S/C37H46ClFN8O4S/c1-3-14-43-18-20-44(21-19-43)34(48)9-22-52-41-24-27(2)51-36(50)45-16-10-37(11-17-45)29-8-13-40-25-32(29)47(35(37)49)26-33-42-30-23-28(38)6-7-31(30)46(33)15-5-4-12-39/h1,6-8,13,23,25,27,41H,4-5,9-12,14-22,24,26H2,2H3. The number of ether oxygens (including phenoxy) is 1. The lowest BCUT2D eigenvalue weighted by molar-refractivity contribution is -0.132. The molecule has 52 heavy (non-hydrogen) atoms. The Labute approximate surface area is 313 Å². The van der Waals surface area contributed by atoms with E-state index in [0.29, 0.717) is 94.5 Å². The van der Waals surface area contributed by atoms with Crippen molar-refractivity contribution in [2.75, 3.05) is 69.7 Å². The Kier molecular flexibility index (Phi) is 12.6. The van der Waals surface area contributed by atoms with Gasteiger partial charge in [-0.15, -0.1) is 6.42 Å². The third kappa shape index (κ3) is 8.33. The smallest absolute Gasteiger partial charge is 0.410 e. The molecule has 0 aliphatic carbocycles. The number of halogens is 2. The predicted octanol–water partition coefficient (Wildman–Crippen LogP) is 4.65. The summed E-state index contributed by atoms with van der Waals surface area (Å²) in [5.74, 6) is 4.06. The highest BCUT2D eigenvalue weighted by molar-refractivity contribution is 7.97. The lowest BCUT2D eigenvalue weighted by Gasteiger charge is -2.38. The first-order valence-electron chi connectivity index (χ1n) is 17.9. The van der Waals surface area contributed by atoms with E-state index in [1.807, 2.05) is 34.6 Å². The molecule has 0 radical (unpaired) electrons. The average molecular weight is 753 g/mol. The molecule has 6 rings (SSSR count). The number of nitrogens with one attached hydrogen (secondary N) is 1. The van der Waals surface area contributed by atoms with E-state index in [2.05, 4.69) is 20.5 Å². The summed E-state index contributed by atoms with van der Waals surface area (Å²) in [4.78, 5) is 56.8. The van der Waals surface area contributed by atoms with E-state index >= 15 is 0 Å². The summed E-state index contributed by atoms with van der Waals surface area (Å²) < 4.78 is 24.0. The van der Waals surface area contributed by atoms with E-state index in [0.717, 1.165) is 35.4 Å². The lowest BCUT2D eigenvalue weighted by atomic mass is 9.74. The summed E-state index contributed by atoms with van der Waals surface area (Å²) in [6.07, 6.45) is 10.4. The number of pyridine rings is 1. The zero-order chi connectivity index (χ0) is 36.7. The topological polar surface area (TPSA) is 116 Å². The molecule has 3 aliphatic rings. The van der Waals surface area contributed by atoms with Crippen LogP contribution in [0, 0.1) is 12.3 Å². The largest absolute Gasteiger partial charge is 0.445 e. The van der Waals surface area contributed by atoms with Gasteiger partial charge in [0, 0.05) is 75.8 Å². The van der Waals surface area contributed by atoms with Crippen LogP contribution >= 0.6 is 23.5 Å². The van der Waals surface area contributed by atoms with Crippen molar-refractivity contribution in [3.63, 3.8) is 0 Å². The molecule has 1 atom stereocenters. The van der Waals surface area contributed by atoms with E-state index in [4.69, 9.17) is 27.7 Å². The van der Waals surface area contributed by atoms with Crippen LogP contribution in [0.4, 0.5) is 14.9 Å². The van der Waals surface area contributed by atoms with Crippen LogP contribution in [-0.2, 0) is 32.8 Å². The number of piperidine rings is 1. The molecule has 3 amide bonds. The second kappa shape index (κ2) is 17.3. The van der Waals surface area contributed by atoms with Crippen molar-refractivity contribution in [3.8, 4) is 12.3 Å². The van der Waals surface area contributed by atoms with Crippen LogP contribution in [0.2, 0.25) is 5.02 Å². The van der Waals surface area contributed by atoms with Gasteiger partial charge in [-0.1, -0.05) is 29.5 Å². The maximum absolute atomic E-state index is 14.4. The first kappa shape index (κ1) is 37.8. The number of hydrogen-bond donors (Lipinski definition) is 1. The van der Waals surface area contributed by atoms with Crippen LogP contribution < -0.4 is 9.62 Å². The maximum Gasteiger partial charge on any atom is 0.410 e. The number of piperazine rings is 1. The number of likely N-dealkylation sites (tertiary alicyclic amines) is 1. The highest BCUT2D eigenvalue weighted by Gasteiger charge is 2.53. The summed E-state index contributed by atoms with van der Waals surface area (Å²) in [7, 11) is 0. The molecular weight excluding hydrogens is 707 g/mol. The Bertz CT molecular complexity index is 1790. The third-order valence-corrected chi connectivity index (χ3v) is 11.2. The van der Waals surface area contributed by atoms with Crippen molar-refractivity contribution in [2.24, 2.45) is 0 Å². The molecule has 1 N–H and O–H groups in total. The number of nitrogens with zero attached hydrogens (tertiary/aromatic N) is 7. The molecule has 5 heterocycles. The maximum atomic E-state index is 14.4. The van der Waals surface area contributed by atoms with Crippen LogP contribution in [-0.4, -0.2) is 118 Å². The Balaban J connectivity index is 1.00. The molecule has 1 aromatic carbocycles. The number of alkyl halides is 1. The molecule has 0 saturated carbocycles. The number of anilines is 1. The Morgan fingerprint density at radius 1 is 1.13 bits per heavy atom. The number of fused-ring (bicyclic) bond motifs is 3. The zero-order valence-corrected chi connectivity index (χ0v) is 31.1. The van der Waals surface area contributed by atoms with Crippen LogP contribution in [0.15, 0.2) is 36.7 Å². The van der Waals surface area contributed by atoms with Crippen molar-refractivity contribution < 1.29 is 23.5 Å². The van der Waals surface area contributed by atoms with Gasteiger partial charge in [-0.25, -0.2) is 9.78 Å². The second-order valence-electron chi connectivity index (χ2n) is 13.6. The fourth-order valence-corrected chi connectivity index (χ4v) is 8.29. The zero-order valence-electron chi connectivity index (χ0n) is 29.6. The van der Waals surface area contributed by atoms with Crippen molar-refractivity contribution in [3.05, 3.63) is 53.1 Å². The number of aryl methyl sites for hydroxylation is 1. The van der Waals surface area contributed by atoms with E-state index in [1.54, 1.807) is 28.3 Å². The summed E-state index contributed by atoms with van der Waals surface area (Å²) >= 11 is 7.72. The van der Waals surface area contributed by atoms with Gasteiger partial charge in [-0.3, -0.25) is 28.6 Å². The highest BCUT2D eigenvalue weighted by atomic mass is 35.5. The SMILES string of the molecule is C#CCN1CCN(C(=O)CCSNCC(C)OC(=O)N2CCC3(CC2)C(=O)N(Cc2nc4cc(Cl)ccc4n2CCCCF)c2cnccc23)CC1. The minimum Gasteiger partial charge on any atom is -0.445 e. The minimum absolute atomic E-state index is 0.0388. The Morgan fingerprint density at radius 3 is 2.67 bits per heavy atom. The van der Waals surface area contributed by atoms with Gasteiger partial charge < -0.3 is 24.0 Å². The van der Waals surface area contributed by atoms with E-state index in [9.17, 15) is 18.8 Å². The van der Waals surface area contributed by atoms with Crippen LogP contribution in [0.25, 0.3) is 11.0 Å². The molecule has 1 spiro atoms.